The molecule has 1 amide bonds. The van der Waals surface area contributed by atoms with Gasteiger partial charge < -0.3 is 5.32 Å². The summed E-state index contributed by atoms with van der Waals surface area (Å²) in [4.78, 5) is 23.7. The molecule has 0 aromatic heterocycles. The van der Waals surface area contributed by atoms with Crippen molar-refractivity contribution in [3.63, 3.8) is 0 Å². The third-order valence-electron chi connectivity index (χ3n) is 3.85. The smallest absolute Gasteiger partial charge is 0.239 e. The van der Waals surface area contributed by atoms with Gasteiger partial charge in [0.25, 0.3) is 0 Å². The molecule has 0 saturated carbocycles. The monoisotopic (exact) mass is 241 g/mol. The summed E-state index contributed by atoms with van der Waals surface area (Å²) in [5.41, 5.74) is 2.22. The van der Waals surface area contributed by atoms with Crippen LogP contribution in [0.15, 0.2) is 30.4 Å². The van der Waals surface area contributed by atoms with Gasteiger partial charge in [-0.05, 0) is 29.2 Å². The molecule has 3 heteroatoms. The molecule has 1 atom stereocenters. The van der Waals surface area contributed by atoms with Crippen LogP contribution in [0.3, 0.4) is 0 Å². The Morgan fingerprint density at radius 1 is 1.28 bits per heavy atom. The quantitative estimate of drug-likeness (QED) is 0.821. The highest BCUT2D eigenvalue weighted by molar-refractivity contribution is 6.13. The van der Waals surface area contributed by atoms with Crippen molar-refractivity contribution in [1.82, 2.24) is 0 Å². The van der Waals surface area contributed by atoms with Crippen LogP contribution in [-0.4, -0.2) is 11.7 Å². The number of carbonyl (C=O) groups excluding carboxylic acids is 2. The fraction of sp³-hybridized carbons (Fsp3) is 0.333. The van der Waals surface area contributed by atoms with Crippen LogP contribution >= 0.6 is 0 Å². The Labute approximate surface area is 106 Å². The first-order chi connectivity index (χ1) is 8.53. The number of carbonyl (C=O) groups is 2. The van der Waals surface area contributed by atoms with Crippen molar-refractivity contribution >= 4 is 17.4 Å². The molecule has 1 aliphatic heterocycles. The van der Waals surface area contributed by atoms with Gasteiger partial charge >= 0.3 is 0 Å². The third-order valence-corrected chi connectivity index (χ3v) is 3.85. The molecule has 0 radical (unpaired) electrons. The topological polar surface area (TPSA) is 46.2 Å². The number of fused-ring (bicyclic) bond motifs is 2. The predicted molar refractivity (Wildman–Crippen MR) is 69.6 cm³/mol. The number of ketones is 1. The van der Waals surface area contributed by atoms with Crippen molar-refractivity contribution in [3.8, 4) is 0 Å². The van der Waals surface area contributed by atoms with Crippen molar-refractivity contribution in [1.29, 1.82) is 0 Å². The lowest BCUT2D eigenvalue weighted by Gasteiger charge is -2.19. The lowest BCUT2D eigenvalue weighted by atomic mass is 9.80. The van der Waals surface area contributed by atoms with Gasteiger partial charge in [0.2, 0.25) is 5.91 Å². The number of rotatable bonds is 1. The zero-order valence-electron chi connectivity index (χ0n) is 10.5. The summed E-state index contributed by atoms with van der Waals surface area (Å²) in [6.45, 7) is 4.24. The van der Waals surface area contributed by atoms with Crippen LogP contribution in [0.5, 0.6) is 0 Å². The molecule has 1 aromatic rings. The average Bonchev–Trinajstić information content (AvgIpc) is 2.83. The second-order valence-electron chi connectivity index (χ2n) is 5.36. The maximum atomic E-state index is 12.2. The highest BCUT2D eigenvalue weighted by Gasteiger charge is 2.48. The highest BCUT2D eigenvalue weighted by Crippen LogP contribution is 2.45. The van der Waals surface area contributed by atoms with Crippen LogP contribution in [-0.2, 0) is 15.0 Å². The highest BCUT2D eigenvalue weighted by atomic mass is 16.2. The minimum absolute atomic E-state index is 0.0213. The van der Waals surface area contributed by atoms with Crippen molar-refractivity contribution in [2.75, 3.05) is 5.32 Å². The van der Waals surface area contributed by atoms with E-state index in [2.05, 4.69) is 25.2 Å². The maximum absolute atomic E-state index is 12.2. The molecule has 1 aliphatic carbocycles. The minimum Gasteiger partial charge on any atom is -0.325 e. The number of benzene rings is 1. The van der Waals surface area contributed by atoms with Crippen LogP contribution < -0.4 is 5.32 Å². The van der Waals surface area contributed by atoms with E-state index in [1.165, 1.54) is 11.6 Å². The van der Waals surface area contributed by atoms with E-state index in [-0.39, 0.29) is 18.1 Å². The second-order valence-corrected chi connectivity index (χ2v) is 5.36. The number of hydrogen-bond donors (Lipinski definition) is 1. The summed E-state index contributed by atoms with van der Waals surface area (Å²) >= 11 is 0. The molecule has 0 fully saturated rings. The summed E-state index contributed by atoms with van der Waals surface area (Å²) in [5, 5.41) is 2.87. The Bertz CT molecular complexity index is 586. The molecule has 92 valence electrons. The molecule has 1 spiro atoms. The Morgan fingerprint density at radius 3 is 2.67 bits per heavy atom. The van der Waals surface area contributed by atoms with E-state index in [1.807, 2.05) is 12.1 Å². The molecule has 1 N–H and O–H groups in total. The summed E-state index contributed by atoms with van der Waals surface area (Å²) in [6.07, 6.45) is 3.53. The minimum atomic E-state index is -0.753. The predicted octanol–water partition coefficient (Wildman–Crippen LogP) is 2.53. The Balaban J connectivity index is 2.17. The fourth-order valence-electron chi connectivity index (χ4n) is 2.72. The Kier molecular flexibility index (Phi) is 2.21. The first kappa shape index (κ1) is 11.2. The van der Waals surface area contributed by atoms with Crippen molar-refractivity contribution in [2.45, 2.75) is 31.6 Å². The second kappa shape index (κ2) is 3.55. The van der Waals surface area contributed by atoms with E-state index in [0.717, 1.165) is 11.3 Å². The molecular formula is C15H15NO2. The third kappa shape index (κ3) is 1.37. The van der Waals surface area contributed by atoms with Gasteiger partial charge in [0, 0.05) is 12.1 Å². The number of anilines is 1. The first-order valence-electron chi connectivity index (χ1n) is 6.21. The van der Waals surface area contributed by atoms with Gasteiger partial charge in [0.15, 0.2) is 5.78 Å². The Hall–Kier alpha value is -1.90. The van der Waals surface area contributed by atoms with Gasteiger partial charge in [-0.1, -0.05) is 32.1 Å². The summed E-state index contributed by atoms with van der Waals surface area (Å²) in [6, 6.07) is 6.03. The summed E-state index contributed by atoms with van der Waals surface area (Å²) < 4.78 is 0. The zero-order valence-corrected chi connectivity index (χ0v) is 10.5. The van der Waals surface area contributed by atoms with E-state index in [0.29, 0.717) is 5.92 Å². The van der Waals surface area contributed by atoms with E-state index in [9.17, 15) is 9.59 Å². The molecule has 0 unspecified atom stereocenters. The molecule has 1 aromatic carbocycles. The van der Waals surface area contributed by atoms with Gasteiger partial charge in [-0.2, -0.15) is 0 Å². The van der Waals surface area contributed by atoms with Gasteiger partial charge in [-0.25, -0.2) is 0 Å². The van der Waals surface area contributed by atoms with E-state index in [1.54, 1.807) is 6.08 Å². The zero-order chi connectivity index (χ0) is 12.9. The largest absolute Gasteiger partial charge is 0.325 e. The van der Waals surface area contributed by atoms with Crippen molar-refractivity contribution in [3.05, 3.63) is 41.5 Å². The van der Waals surface area contributed by atoms with Crippen molar-refractivity contribution in [2.24, 2.45) is 0 Å². The molecule has 1 heterocycles. The van der Waals surface area contributed by atoms with E-state index in [4.69, 9.17) is 0 Å². The van der Waals surface area contributed by atoms with Gasteiger partial charge in [0.1, 0.15) is 5.41 Å². The Morgan fingerprint density at radius 2 is 2.06 bits per heavy atom. The molecule has 18 heavy (non-hydrogen) atoms. The molecule has 2 aliphatic rings. The fourth-order valence-corrected chi connectivity index (χ4v) is 2.72. The van der Waals surface area contributed by atoms with Crippen LogP contribution in [0.4, 0.5) is 5.69 Å². The number of nitrogens with one attached hydrogen (secondary N) is 1. The lowest BCUT2D eigenvalue weighted by molar-refractivity contribution is -0.122. The lowest BCUT2D eigenvalue weighted by Crippen LogP contribution is -2.31. The standard InChI is InChI=1S/C15H15NO2/c1-9(2)10-3-4-13-12(7-10)15(14(18)16-13)6-5-11(17)8-15/h3-7,9H,8H2,1-2H3,(H,16,18)/t15-/m1/s1. The number of allylic oxidation sites excluding steroid dienone is 1. The number of hydrogen-bond acceptors (Lipinski definition) is 2. The van der Waals surface area contributed by atoms with Gasteiger partial charge in [-0.3, -0.25) is 9.59 Å². The SMILES string of the molecule is CC(C)c1ccc2c(c1)[C@]1(C=CC(=O)C1)C(=O)N2. The van der Waals surface area contributed by atoms with Crippen molar-refractivity contribution < 1.29 is 9.59 Å². The van der Waals surface area contributed by atoms with Crippen LogP contribution in [0.25, 0.3) is 0 Å². The van der Waals surface area contributed by atoms with Crippen LogP contribution in [0.2, 0.25) is 0 Å². The van der Waals surface area contributed by atoms with Gasteiger partial charge in [0.05, 0.1) is 0 Å². The molecule has 0 saturated heterocycles. The summed E-state index contributed by atoms with van der Waals surface area (Å²) in [7, 11) is 0. The number of amides is 1. The molecule has 0 bridgehead atoms. The van der Waals surface area contributed by atoms with Gasteiger partial charge in [-0.15, -0.1) is 0 Å². The van der Waals surface area contributed by atoms with Crippen LogP contribution in [0.1, 0.15) is 37.3 Å². The first-order valence-corrected chi connectivity index (χ1v) is 6.21. The van der Waals surface area contributed by atoms with Crippen LogP contribution in [0, 0.1) is 0 Å². The molecular weight excluding hydrogens is 226 g/mol. The maximum Gasteiger partial charge on any atom is 0.239 e. The summed E-state index contributed by atoms with van der Waals surface area (Å²) in [5.74, 6) is 0.345. The van der Waals surface area contributed by atoms with E-state index < -0.39 is 5.41 Å². The average molecular weight is 241 g/mol. The normalized spacial score (nSPS) is 25.1. The molecule has 3 rings (SSSR count). The van der Waals surface area contributed by atoms with E-state index >= 15 is 0 Å². The molecule has 3 nitrogen and oxygen atoms in total.